The summed E-state index contributed by atoms with van der Waals surface area (Å²) in [5.74, 6) is 2.17. The monoisotopic (exact) mass is 255 g/mol. The van der Waals surface area contributed by atoms with E-state index in [4.69, 9.17) is 10.5 Å². The molecule has 0 atom stereocenters. The van der Waals surface area contributed by atoms with Crippen molar-refractivity contribution >= 4 is 5.69 Å². The molecular weight excluding hydrogens is 234 g/mol. The van der Waals surface area contributed by atoms with Crippen molar-refractivity contribution in [2.24, 2.45) is 0 Å². The van der Waals surface area contributed by atoms with Gasteiger partial charge in [-0.1, -0.05) is 19.9 Å². The van der Waals surface area contributed by atoms with E-state index >= 15 is 0 Å². The zero-order valence-electron chi connectivity index (χ0n) is 12.0. The van der Waals surface area contributed by atoms with Gasteiger partial charge in [0.2, 0.25) is 0 Å². The normalized spacial score (nSPS) is 10.8. The molecule has 0 heterocycles. The molecular formula is C17H21NO. The van der Waals surface area contributed by atoms with E-state index in [2.05, 4.69) is 32.9 Å². The van der Waals surface area contributed by atoms with Crippen LogP contribution in [0.5, 0.6) is 11.5 Å². The third-order valence-corrected chi connectivity index (χ3v) is 3.17. The van der Waals surface area contributed by atoms with E-state index in [1.165, 1.54) is 11.1 Å². The molecule has 2 aromatic rings. The quantitative estimate of drug-likeness (QED) is 0.799. The molecule has 2 rings (SSSR count). The Morgan fingerprint density at radius 2 is 1.68 bits per heavy atom. The maximum absolute atomic E-state index is 5.88. The van der Waals surface area contributed by atoms with E-state index in [9.17, 15) is 0 Å². The number of nitrogen functional groups attached to an aromatic ring is 1. The Kier molecular flexibility index (Phi) is 3.79. The zero-order chi connectivity index (χ0) is 14.0. The lowest BCUT2D eigenvalue weighted by Gasteiger charge is -2.13. The van der Waals surface area contributed by atoms with Crippen molar-refractivity contribution in [2.45, 2.75) is 33.6 Å². The lowest BCUT2D eigenvalue weighted by Crippen LogP contribution is -1.94. The number of hydrogen-bond donors (Lipinski definition) is 1. The molecule has 0 saturated carbocycles. The predicted molar refractivity (Wildman–Crippen MR) is 80.9 cm³/mol. The first-order chi connectivity index (χ1) is 8.95. The van der Waals surface area contributed by atoms with Crippen molar-refractivity contribution in [3.63, 3.8) is 0 Å². The van der Waals surface area contributed by atoms with Gasteiger partial charge >= 0.3 is 0 Å². The summed E-state index contributed by atoms with van der Waals surface area (Å²) in [7, 11) is 0. The molecule has 0 aromatic heterocycles. The van der Waals surface area contributed by atoms with Gasteiger partial charge in [-0.05, 0) is 60.7 Å². The highest BCUT2D eigenvalue weighted by molar-refractivity contribution is 5.49. The van der Waals surface area contributed by atoms with Gasteiger partial charge in [0, 0.05) is 11.8 Å². The number of benzene rings is 2. The number of rotatable bonds is 3. The summed E-state index contributed by atoms with van der Waals surface area (Å²) in [4.78, 5) is 0. The van der Waals surface area contributed by atoms with Gasteiger partial charge in [0.1, 0.15) is 11.5 Å². The Balaban J connectivity index is 2.26. The largest absolute Gasteiger partial charge is 0.457 e. The summed E-state index contributed by atoms with van der Waals surface area (Å²) in [6.07, 6.45) is 0. The third-order valence-electron chi connectivity index (χ3n) is 3.17. The minimum Gasteiger partial charge on any atom is -0.457 e. The van der Waals surface area contributed by atoms with Crippen LogP contribution in [-0.4, -0.2) is 0 Å². The maximum atomic E-state index is 5.88. The highest BCUT2D eigenvalue weighted by Gasteiger charge is 2.06. The number of ether oxygens (including phenoxy) is 1. The standard InChI is InChI=1S/C17H21NO/c1-11(2)17-6-5-15(9-13(17)4)19-16-8-12(3)7-14(18)10-16/h5-11H,18H2,1-4H3. The van der Waals surface area contributed by atoms with Gasteiger partial charge in [0.25, 0.3) is 0 Å². The molecule has 2 heteroatoms. The molecule has 0 amide bonds. The third kappa shape index (κ3) is 3.28. The summed E-state index contributed by atoms with van der Waals surface area (Å²) >= 11 is 0. The SMILES string of the molecule is Cc1cc(N)cc(Oc2ccc(C(C)C)c(C)c2)c1. The smallest absolute Gasteiger partial charge is 0.129 e. The number of aryl methyl sites for hydroxylation is 2. The van der Waals surface area contributed by atoms with Crippen LogP contribution in [0.2, 0.25) is 0 Å². The van der Waals surface area contributed by atoms with E-state index in [1.807, 2.05) is 31.2 Å². The highest BCUT2D eigenvalue weighted by Crippen LogP contribution is 2.28. The number of nitrogens with two attached hydrogens (primary N) is 1. The molecule has 0 aliphatic carbocycles. The molecule has 0 unspecified atom stereocenters. The number of hydrogen-bond acceptors (Lipinski definition) is 2. The van der Waals surface area contributed by atoms with Crippen LogP contribution < -0.4 is 10.5 Å². The first-order valence-electron chi connectivity index (χ1n) is 6.61. The fraction of sp³-hybridized carbons (Fsp3) is 0.294. The van der Waals surface area contributed by atoms with Crippen LogP contribution in [0, 0.1) is 13.8 Å². The van der Waals surface area contributed by atoms with Crippen LogP contribution in [0.3, 0.4) is 0 Å². The highest BCUT2D eigenvalue weighted by atomic mass is 16.5. The molecule has 100 valence electrons. The van der Waals surface area contributed by atoms with Crippen LogP contribution in [0.25, 0.3) is 0 Å². The maximum Gasteiger partial charge on any atom is 0.129 e. The van der Waals surface area contributed by atoms with E-state index in [1.54, 1.807) is 0 Å². The van der Waals surface area contributed by atoms with Crippen molar-refractivity contribution in [2.75, 3.05) is 5.73 Å². The molecule has 0 fully saturated rings. The summed E-state index contributed by atoms with van der Waals surface area (Å²) in [5, 5.41) is 0. The van der Waals surface area contributed by atoms with Gasteiger partial charge in [0.05, 0.1) is 0 Å². The fourth-order valence-electron chi connectivity index (χ4n) is 2.33. The molecule has 0 bridgehead atoms. The van der Waals surface area contributed by atoms with Crippen LogP contribution in [0.1, 0.15) is 36.5 Å². The molecule has 0 radical (unpaired) electrons. The van der Waals surface area contributed by atoms with E-state index in [0.29, 0.717) is 5.92 Å². The van der Waals surface area contributed by atoms with E-state index in [-0.39, 0.29) is 0 Å². The van der Waals surface area contributed by atoms with Crippen molar-refractivity contribution in [1.29, 1.82) is 0 Å². The van der Waals surface area contributed by atoms with Gasteiger partial charge in [-0.3, -0.25) is 0 Å². The molecule has 19 heavy (non-hydrogen) atoms. The topological polar surface area (TPSA) is 35.2 Å². The zero-order valence-corrected chi connectivity index (χ0v) is 12.0. The Labute approximate surface area is 115 Å². The average Bonchev–Trinajstić information content (AvgIpc) is 2.26. The molecule has 0 spiro atoms. The van der Waals surface area contributed by atoms with Gasteiger partial charge < -0.3 is 10.5 Å². The first kappa shape index (κ1) is 13.5. The van der Waals surface area contributed by atoms with E-state index in [0.717, 1.165) is 22.7 Å². The predicted octanol–water partition coefficient (Wildman–Crippen LogP) is 4.80. The Bertz CT molecular complexity index is 568. The van der Waals surface area contributed by atoms with Crippen molar-refractivity contribution in [1.82, 2.24) is 0 Å². The minimum atomic E-state index is 0.531. The summed E-state index contributed by atoms with van der Waals surface area (Å²) in [5.41, 5.74) is 10.3. The van der Waals surface area contributed by atoms with E-state index < -0.39 is 0 Å². The van der Waals surface area contributed by atoms with Crippen molar-refractivity contribution in [3.8, 4) is 11.5 Å². The van der Waals surface area contributed by atoms with Gasteiger partial charge in [0.15, 0.2) is 0 Å². The molecule has 2 N–H and O–H groups in total. The average molecular weight is 255 g/mol. The van der Waals surface area contributed by atoms with Crippen LogP contribution in [-0.2, 0) is 0 Å². The summed E-state index contributed by atoms with van der Waals surface area (Å²) < 4.78 is 5.88. The molecule has 0 saturated heterocycles. The molecule has 2 nitrogen and oxygen atoms in total. The Morgan fingerprint density at radius 1 is 0.947 bits per heavy atom. The Hall–Kier alpha value is -1.96. The fourth-order valence-corrected chi connectivity index (χ4v) is 2.33. The van der Waals surface area contributed by atoms with Gasteiger partial charge in [-0.25, -0.2) is 0 Å². The number of anilines is 1. The van der Waals surface area contributed by atoms with Crippen LogP contribution >= 0.6 is 0 Å². The first-order valence-corrected chi connectivity index (χ1v) is 6.61. The lowest BCUT2D eigenvalue weighted by molar-refractivity contribution is 0.482. The van der Waals surface area contributed by atoms with Crippen molar-refractivity contribution < 1.29 is 4.74 Å². The van der Waals surface area contributed by atoms with Gasteiger partial charge in [-0.15, -0.1) is 0 Å². The molecule has 0 aliphatic heterocycles. The van der Waals surface area contributed by atoms with Crippen LogP contribution in [0.4, 0.5) is 5.69 Å². The Morgan fingerprint density at radius 3 is 2.26 bits per heavy atom. The van der Waals surface area contributed by atoms with Crippen molar-refractivity contribution in [3.05, 3.63) is 53.1 Å². The summed E-state index contributed by atoms with van der Waals surface area (Å²) in [6, 6.07) is 12.0. The second-order valence-corrected chi connectivity index (χ2v) is 5.35. The second-order valence-electron chi connectivity index (χ2n) is 5.35. The molecule has 0 aliphatic rings. The van der Waals surface area contributed by atoms with Crippen LogP contribution in [0.15, 0.2) is 36.4 Å². The molecule has 2 aromatic carbocycles. The van der Waals surface area contributed by atoms with Gasteiger partial charge in [-0.2, -0.15) is 0 Å². The lowest BCUT2D eigenvalue weighted by atomic mass is 9.98. The second kappa shape index (κ2) is 5.35. The summed E-state index contributed by atoms with van der Waals surface area (Å²) in [6.45, 7) is 8.53. The minimum absolute atomic E-state index is 0.531.